The molecule has 11 heteroatoms. The number of likely N-dealkylation sites (tertiary alicyclic amines) is 1. The molecule has 33 heavy (non-hydrogen) atoms. The highest BCUT2D eigenvalue weighted by Crippen LogP contribution is 2.20. The molecule has 6 N–H and O–H groups in total. The number of hydrogen-bond donors (Lipinski definition) is 5. The van der Waals surface area contributed by atoms with E-state index in [2.05, 4.69) is 20.6 Å². The molecule has 2 heterocycles. The van der Waals surface area contributed by atoms with E-state index in [4.69, 9.17) is 5.73 Å². The Morgan fingerprint density at radius 2 is 1.97 bits per heavy atom. The second-order valence-corrected chi connectivity index (χ2v) is 9.01. The third-order valence-corrected chi connectivity index (χ3v) is 6.22. The fraction of sp³-hybridized carbons (Fsp3) is 0.682. The summed E-state index contributed by atoms with van der Waals surface area (Å²) < 4.78 is 0. The Labute approximate surface area is 193 Å². The quantitative estimate of drug-likeness (QED) is 0.307. The van der Waals surface area contributed by atoms with E-state index in [1.54, 1.807) is 20.0 Å². The SMILES string of the molecule is CCC(C)C(N)C(=O)NC(Cc1cnc[nH]1)C(=O)N1CCCC1C(=O)NC(C(=O)O)C(C)C. The van der Waals surface area contributed by atoms with Crippen molar-refractivity contribution in [1.29, 1.82) is 0 Å². The number of nitrogens with two attached hydrogens (primary N) is 1. The van der Waals surface area contributed by atoms with Crippen LogP contribution in [-0.2, 0) is 25.6 Å². The van der Waals surface area contributed by atoms with Crippen molar-refractivity contribution in [2.45, 2.75) is 77.5 Å². The first-order chi connectivity index (χ1) is 15.6. The summed E-state index contributed by atoms with van der Waals surface area (Å²) in [6, 6.07) is -3.57. The largest absolute Gasteiger partial charge is 0.480 e. The molecule has 1 aromatic heterocycles. The first-order valence-electron chi connectivity index (χ1n) is 11.4. The van der Waals surface area contributed by atoms with E-state index in [0.717, 1.165) is 0 Å². The minimum absolute atomic E-state index is 0.0674. The minimum Gasteiger partial charge on any atom is -0.480 e. The minimum atomic E-state index is -1.13. The number of carbonyl (C=O) groups excluding carboxylic acids is 3. The third kappa shape index (κ3) is 6.77. The van der Waals surface area contributed by atoms with E-state index in [1.165, 1.54) is 11.2 Å². The Hall–Kier alpha value is -2.95. The van der Waals surface area contributed by atoms with Gasteiger partial charge in [0.25, 0.3) is 0 Å². The van der Waals surface area contributed by atoms with Crippen LogP contribution in [0.15, 0.2) is 12.5 Å². The van der Waals surface area contributed by atoms with Gasteiger partial charge in [-0.2, -0.15) is 0 Å². The number of amides is 3. The number of imidazole rings is 1. The van der Waals surface area contributed by atoms with Crippen molar-refractivity contribution in [3.05, 3.63) is 18.2 Å². The van der Waals surface area contributed by atoms with Crippen LogP contribution < -0.4 is 16.4 Å². The van der Waals surface area contributed by atoms with Gasteiger partial charge in [0.15, 0.2) is 0 Å². The highest BCUT2D eigenvalue weighted by molar-refractivity contribution is 5.94. The van der Waals surface area contributed by atoms with Gasteiger partial charge in [0.1, 0.15) is 18.1 Å². The lowest BCUT2D eigenvalue weighted by atomic mass is 9.98. The third-order valence-electron chi connectivity index (χ3n) is 6.22. The lowest BCUT2D eigenvalue weighted by Crippen LogP contribution is -2.58. The number of aromatic amines is 1. The van der Waals surface area contributed by atoms with Gasteiger partial charge in [-0.05, 0) is 24.7 Å². The number of aliphatic carboxylic acids is 1. The van der Waals surface area contributed by atoms with Gasteiger partial charge in [-0.15, -0.1) is 0 Å². The molecule has 184 valence electrons. The van der Waals surface area contributed by atoms with Crippen molar-refractivity contribution in [2.75, 3.05) is 6.54 Å². The monoisotopic (exact) mass is 464 g/mol. The number of carboxylic acid groups (broad SMARTS) is 1. The number of carbonyl (C=O) groups is 4. The molecular weight excluding hydrogens is 428 g/mol. The second-order valence-electron chi connectivity index (χ2n) is 9.01. The van der Waals surface area contributed by atoms with E-state index in [1.807, 2.05) is 13.8 Å². The molecule has 0 saturated carbocycles. The van der Waals surface area contributed by atoms with Crippen LogP contribution in [0, 0.1) is 11.8 Å². The van der Waals surface area contributed by atoms with Gasteiger partial charge in [-0.1, -0.05) is 34.1 Å². The highest BCUT2D eigenvalue weighted by atomic mass is 16.4. The Bertz CT molecular complexity index is 827. The number of carboxylic acids is 1. The van der Waals surface area contributed by atoms with E-state index in [9.17, 15) is 24.3 Å². The van der Waals surface area contributed by atoms with Crippen molar-refractivity contribution in [1.82, 2.24) is 25.5 Å². The summed E-state index contributed by atoms with van der Waals surface area (Å²) in [5, 5.41) is 14.7. The van der Waals surface area contributed by atoms with Crippen molar-refractivity contribution < 1.29 is 24.3 Å². The molecule has 11 nitrogen and oxygen atoms in total. The molecule has 1 saturated heterocycles. The maximum atomic E-state index is 13.5. The van der Waals surface area contributed by atoms with E-state index in [0.29, 0.717) is 31.5 Å². The van der Waals surface area contributed by atoms with Crippen molar-refractivity contribution in [3.63, 3.8) is 0 Å². The van der Waals surface area contributed by atoms with Crippen LogP contribution in [0.25, 0.3) is 0 Å². The molecule has 1 aromatic rings. The summed E-state index contributed by atoms with van der Waals surface area (Å²) in [5.74, 6) is -2.87. The molecule has 1 aliphatic rings. The standard InChI is InChI=1S/C22H36N6O5/c1-5-13(4)17(23)20(30)26-15(9-14-10-24-11-25-14)21(31)28-8-6-7-16(28)19(29)27-18(12(2)3)22(32)33/h10-13,15-18H,5-9,23H2,1-4H3,(H,24,25)(H,26,30)(H,27,29)(H,32,33). The van der Waals surface area contributed by atoms with Crippen LogP contribution in [0.4, 0.5) is 0 Å². The summed E-state index contributed by atoms with van der Waals surface area (Å²) in [4.78, 5) is 58.9. The molecule has 5 atom stereocenters. The van der Waals surface area contributed by atoms with Gasteiger partial charge in [-0.25, -0.2) is 9.78 Å². The summed E-state index contributed by atoms with van der Waals surface area (Å²) in [6.45, 7) is 7.54. The molecule has 0 radical (unpaired) electrons. The molecule has 0 aromatic carbocycles. The van der Waals surface area contributed by atoms with Crippen molar-refractivity contribution >= 4 is 23.7 Å². The maximum Gasteiger partial charge on any atom is 0.326 e. The Morgan fingerprint density at radius 3 is 2.52 bits per heavy atom. The molecule has 2 rings (SSSR count). The van der Waals surface area contributed by atoms with Crippen molar-refractivity contribution in [3.8, 4) is 0 Å². The van der Waals surface area contributed by atoms with Crippen LogP contribution >= 0.6 is 0 Å². The number of nitrogens with zero attached hydrogens (tertiary/aromatic N) is 2. The van der Waals surface area contributed by atoms with E-state index in [-0.39, 0.29) is 18.3 Å². The fourth-order valence-electron chi connectivity index (χ4n) is 3.86. The molecule has 1 aliphatic heterocycles. The highest BCUT2D eigenvalue weighted by Gasteiger charge is 2.39. The zero-order valence-corrected chi connectivity index (χ0v) is 19.7. The summed E-state index contributed by atoms with van der Waals surface area (Å²) in [6.07, 6.45) is 4.93. The smallest absolute Gasteiger partial charge is 0.326 e. The second kappa shape index (κ2) is 11.8. The van der Waals surface area contributed by atoms with Gasteiger partial charge < -0.3 is 31.4 Å². The van der Waals surface area contributed by atoms with Gasteiger partial charge in [0.2, 0.25) is 17.7 Å². The number of nitrogens with one attached hydrogen (secondary N) is 3. The number of aromatic nitrogens is 2. The van der Waals surface area contributed by atoms with Crippen LogP contribution in [0.2, 0.25) is 0 Å². The average Bonchev–Trinajstić information content (AvgIpc) is 3.46. The summed E-state index contributed by atoms with van der Waals surface area (Å²) in [5.41, 5.74) is 6.71. The van der Waals surface area contributed by atoms with Crippen LogP contribution in [0.1, 0.15) is 52.7 Å². The van der Waals surface area contributed by atoms with Crippen molar-refractivity contribution in [2.24, 2.45) is 17.6 Å². The number of hydrogen-bond acceptors (Lipinski definition) is 6. The zero-order chi connectivity index (χ0) is 24.7. The Morgan fingerprint density at radius 1 is 1.27 bits per heavy atom. The number of H-pyrrole nitrogens is 1. The van der Waals surface area contributed by atoms with E-state index >= 15 is 0 Å². The molecule has 0 aliphatic carbocycles. The van der Waals surface area contributed by atoms with Crippen LogP contribution in [0.5, 0.6) is 0 Å². The predicted octanol–water partition coefficient (Wildman–Crippen LogP) is 0.0268. The average molecular weight is 465 g/mol. The van der Waals surface area contributed by atoms with Gasteiger partial charge in [0.05, 0.1) is 12.4 Å². The topological polar surface area (TPSA) is 171 Å². The van der Waals surface area contributed by atoms with Crippen LogP contribution in [0.3, 0.4) is 0 Å². The zero-order valence-electron chi connectivity index (χ0n) is 19.7. The molecular formula is C22H36N6O5. The first kappa shape index (κ1) is 26.3. The Balaban J connectivity index is 2.20. The van der Waals surface area contributed by atoms with E-state index < -0.39 is 47.9 Å². The fourth-order valence-corrected chi connectivity index (χ4v) is 3.86. The van der Waals surface area contributed by atoms with Gasteiger partial charge in [0, 0.05) is 24.9 Å². The molecule has 0 bridgehead atoms. The molecule has 3 amide bonds. The molecule has 0 spiro atoms. The maximum absolute atomic E-state index is 13.5. The molecule has 1 fully saturated rings. The first-order valence-corrected chi connectivity index (χ1v) is 11.4. The predicted molar refractivity (Wildman–Crippen MR) is 121 cm³/mol. The normalized spacial score (nSPS) is 19.6. The lowest BCUT2D eigenvalue weighted by molar-refractivity contribution is -0.145. The summed E-state index contributed by atoms with van der Waals surface area (Å²) >= 11 is 0. The Kier molecular flexibility index (Phi) is 9.39. The van der Waals surface area contributed by atoms with Gasteiger partial charge in [-0.3, -0.25) is 14.4 Å². The van der Waals surface area contributed by atoms with Gasteiger partial charge >= 0.3 is 5.97 Å². The number of rotatable bonds is 11. The van der Waals surface area contributed by atoms with Crippen LogP contribution in [-0.4, -0.2) is 74.4 Å². The molecule has 5 unspecified atom stereocenters. The summed E-state index contributed by atoms with van der Waals surface area (Å²) in [7, 11) is 0. The lowest BCUT2D eigenvalue weighted by Gasteiger charge is -2.30.